The van der Waals surface area contributed by atoms with Crippen LogP contribution in [0.25, 0.3) is 11.0 Å². The minimum Gasteiger partial charge on any atom is -0.465 e. The number of hydrogen-bond donors (Lipinski definition) is 0. The standard InChI is InChI=1S/C12H11FN2O3/c1-2-18-12(17)7-15-10-5-8(13)3-4-9(10)14-6-11(15)16/h3-6H,2,7H2,1H3. The molecule has 0 aliphatic rings. The molecule has 0 saturated carbocycles. The molecule has 5 nitrogen and oxygen atoms in total. The predicted molar refractivity (Wildman–Crippen MR) is 62.6 cm³/mol. The summed E-state index contributed by atoms with van der Waals surface area (Å²) in [5, 5.41) is 0. The largest absolute Gasteiger partial charge is 0.465 e. The topological polar surface area (TPSA) is 61.2 Å². The summed E-state index contributed by atoms with van der Waals surface area (Å²) in [6.45, 7) is 1.64. The van der Waals surface area contributed by atoms with E-state index in [0.717, 1.165) is 10.8 Å². The molecule has 18 heavy (non-hydrogen) atoms. The van der Waals surface area contributed by atoms with Crippen molar-refractivity contribution < 1.29 is 13.9 Å². The van der Waals surface area contributed by atoms with Crippen LogP contribution >= 0.6 is 0 Å². The molecular weight excluding hydrogens is 239 g/mol. The number of hydrogen-bond acceptors (Lipinski definition) is 4. The van der Waals surface area contributed by atoms with Gasteiger partial charge in [-0.2, -0.15) is 0 Å². The molecule has 1 aromatic heterocycles. The highest BCUT2D eigenvalue weighted by atomic mass is 19.1. The molecule has 0 saturated heterocycles. The van der Waals surface area contributed by atoms with Gasteiger partial charge in [0.05, 0.1) is 23.8 Å². The van der Waals surface area contributed by atoms with Crippen LogP contribution in [-0.2, 0) is 16.1 Å². The molecule has 0 unspecified atom stereocenters. The van der Waals surface area contributed by atoms with Crippen molar-refractivity contribution in [3.63, 3.8) is 0 Å². The molecule has 0 spiro atoms. The van der Waals surface area contributed by atoms with Gasteiger partial charge in [0.2, 0.25) is 0 Å². The van der Waals surface area contributed by atoms with Gasteiger partial charge in [-0.15, -0.1) is 0 Å². The van der Waals surface area contributed by atoms with Crippen molar-refractivity contribution in [1.82, 2.24) is 9.55 Å². The summed E-state index contributed by atoms with van der Waals surface area (Å²) in [7, 11) is 0. The smallest absolute Gasteiger partial charge is 0.326 e. The molecular formula is C12H11FN2O3. The van der Waals surface area contributed by atoms with E-state index < -0.39 is 17.3 Å². The van der Waals surface area contributed by atoms with Gasteiger partial charge in [-0.3, -0.25) is 14.2 Å². The van der Waals surface area contributed by atoms with Crippen LogP contribution in [-0.4, -0.2) is 22.1 Å². The Morgan fingerprint density at radius 1 is 1.50 bits per heavy atom. The maximum absolute atomic E-state index is 13.2. The number of carbonyl (C=O) groups is 1. The third-order valence-corrected chi connectivity index (χ3v) is 2.40. The summed E-state index contributed by atoms with van der Waals surface area (Å²) < 4.78 is 19.1. The molecule has 2 rings (SSSR count). The Morgan fingerprint density at radius 3 is 3.00 bits per heavy atom. The minimum atomic E-state index is -0.545. The molecule has 94 valence electrons. The van der Waals surface area contributed by atoms with Gasteiger partial charge in [-0.1, -0.05) is 0 Å². The zero-order valence-electron chi connectivity index (χ0n) is 9.72. The first kappa shape index (κ1) is 12.2. The van der Waals surface area contributed by atoms with Crippen LogP contribution in [0.4, 0.5) is 4.39 Å². The molecule has 0 N–H and O–H groups in total. The summed E-state index contributed by atoms with van der Waals surface area (Å²) in [4.78, 5) is 26.9. The normalized spacial score (nSPS) is 10.6. The third-order valence-electron chi connectivity index (χ3n) is 2.40. The summed E-state index contributed by atoms with van der Waals surface area (Å²) in [5.41, 5.74) is 0.247. The van der Waals surface area contributed by atoms with Gasteiger partial charge in [0.25, 0.3) is 5.56 Å². The summed E-state index contributed by atoms with van der Waals surface area (Å²) >= 11 is 0. The maximum Gasteiger partial charge on any atom is 0.326 e. The molecule has 1 heterocycles. The second kappa shape index (κ2) is 4.95. The van der Waals surface area contributed by atoms with Gasteiger partial charge in [0.1, 0.15) is 12.4 Å². The number of carbonyl (C=O) groups excluding carboxylic acids is 1. The number of nitrogens with zero attached hydrogens (tertiary/aromatic N) is 2. The second-order valence-electron chi connectivity index (χ2n) is 3.62. The van der Waals surface area contributed by atoms with Crippen molar-refractivity contribution in [2.24, 2.45) is 0 Å². The Bertz CT molecular complexity index is 651. The van der Waals surface area contributed by atoms with Crippen molar-refractivity contribution in [3.8, 4) is 0 Å². The fourth-order valence-corrected chi connectivity index (χ4v) is 1.63. The Kier molecular flexibility index (Phi) is 3.36. The lowest BCUT2D eigenvalue weighted by Gasteiger charge is -2.08. The van der Waals surface area contributed by atoms with E-state index in [1.165, 1.54) is 18.2 Å². The highest BCUT2D eigenvalue weighted by Gasteiger charge is 2.10. The number of esters is 1. The van der Waals surface area contributed by atoms with Crippen molar-refractivity contribution in [1.29, 1.82) is 0 Å². The van der Waals surface area contributed by atoms with E-state index in [9.17, 15) is 14.0 Å². The molecule has 6 heteroatoms. The number of halogens is 1. The quantitative estimate of drug-likeness (QED) is 0.765. The van der Waals surface area contributed by atoms with Crippen LogP contribution in [0.1, 0.15) is 6.92 Å². The van der Waals surface area contributed by atoms with Crippen molar-refractivity contribution in [3.05, 3.63) is 40.6 Å². The second-order valence-corrected chi connectivity index (χ2v) is 3.62. The Morgan fingerprint density at radius 2 is 2.28 bits per heavy atom. The zero-order chi connectivity index (χ0) is 13.1. The van der Waals surface area contributed by atoms with Crippen molar-refractivity contribution >= 4 is 17.0 Å². The number of aromatic nitrogens is 2. The van der Waals surface area contributed by atoms with Crippen LogP contribution in [0.5, 0.6) is 0 Å². The third kappa shape index (κ3) is 2.37. The Labute approximate surface area is 102 Å². The molecule has 0 aliphatic carbocycles. The number of ether oxygens (including phenoxy) is 1. The Hall–Kier alpha value is -2.24. The molecule has 0 bridgehead atoms. The fraction of sp³-hybridized carbons (Fsp3) is 0.250. The average Bonchev–Trinajstić information content (AvgIpc) is 2.33. The van der Waals surface area contributed by atoms with Crippen molar-refractivity contribution in [2.75, 3.05) is 6.61 Å². The Balaban J connectivity index is 2.53. The van der Waals surface area contributed by atoms with Crippen LogP contribution in [0.15, 0.2) is 29.2 Å². The zero-order valence-corrected chi connectivity index (χ0v) is 9.72. The van der Waals surface area contributed by atoms with Gasteiger partial charge in [0, 0.05) is 0 Å². The van der Waals surface area contributed by atoms with Crippen LogP contribution in [0, 0.1) is 5.82 Å². The number of benzene rings is 1. The van der Waals surface area contributed by atoms with E-state index in [2.05, 4.69) is 4.98 Å². The van der Waals surface area contributed by atoms with Crippen LogP contribution in [0.2, 0.25) is 0 Å². The summed E-state index contributed by atoms with van der Waals surface area (Å²) in [5.74, 6) is -1.04. The van der Waals surface area contributed by atoms with E-state index in [4.69, 9.17) is 4.74 Å². The average molecular weight is 250 g/mol. The SMILES string of the molecule is CCOC(=O)Cn1c(=O)cnc2ccc(F)cc21. The lowest BCUT2D eigenvalue weighted by Crippen LogP contribution is -2.25. The summed E-state index contributed by atoms with van der Waals surface area (Å²) in [6, 6.07) is 3.86. The molecule has 0 aliphatic heterocycles. The first-order chi connectivity index (χ1) is 8.61. The van der Waals surface area contributed by atoms with Gasteiger partial charge >= 0.3 is 5.97 Å². The van der Waals surface area contributed by atoms with E-state index >= 15 is 0 Å². The lowest BCUT2D eigenvalue weighted by molar-refractivity contribution is -0.143. The van der Waals surface area contributed by atoms with E-state index in [-0.39, 0.29) is 18.7 Å². The monoisotopic (exact) mass is 250 g/mol. The van der Waals surface area contributed by atoms with Gasteiger partial charge < -0.3 is 4.74 Å². The molecule has 0 atom stereocenters. The minimum absolute atomic E-state index is 0.227. The molecule has 0 fully saturated rings. The predicted octanol–water partition coefficient (Wildman–Crippen LogP) is 1.10. The first-order valence-electron chi connectivity index (χ1n) is 5.42. The van der Waals surface area contributed by atoms with Gasteiger partial charge in [-0.25, -0.2) is 9.37 Å². The van der Waals surface area contributed by atoms with Crippen LogP contribution in [0.3, 0.4) is 0 Å². The molecule has 1 aromatic carbocycles. The highest BCUT2D eigenvalue weighted by molar-refractivity contribution is 5.77. The number of rotatable bonds is 3. The molecule has 2 aromatic rings. The van der Waals surface area contributed by atoms with Crippen molar-refractivity contribution in [2.45, 2.75) is 13.5 Å². The lowest BCUT2D eigenvalue weighted by atomic mass is 10.3. The van der Waals surface area contributed by atoms with Gasteiger partial charge in [0.15, 0.2) is 0 Å². The van der Waals surface area contributed by atoms with E-state index in [1.54, 1.807) is 6.92 Å². The van der Waals surface area contributed by atoms with E-state index in [0.29, 0.717) is 5.52 Å². The molecule has 0 radical (unpaired) electrons. The summed E-state index contributed by atoms with van der Waals surface area (Å²) in [6.07, 6.45) is 1.10. The molecule has 0 amide bonds. The highest BCUT2D eigenvalue weighted by Crippen LogP contribution is 2.11. The fourth-order valence-electron chi connectivity index (χ4n) is 1.63. The van der Waals surface area contributed by atoms with Gasteiger partial charge in [-0.05, 0) is 25.1 Å². The maximum atomic E-state index is 13.2. The first-order valence-corrected chi connectivity index (χ1v) is 5.42. The van der Waals surface area contributed by atoms with Crippen LogP contribution < -0.4 is 5.56 Å². The number of fused-ring (bicyclic) bond motifs is 1. The van der Waals surface area contributed by atoms with E-state index in [1.807, 2.05) is 0 Å².